The Balaban J connectivity index is 1.99. The van der Waals surface area contributed by atoms with E-state index in [4.69, 9.17) is 11.6 Å². The minimum atomic E-state index is -4.33. The van der Waals surface area contributed by atoms with Crippen molar-refractivity contribution in [1.82, 2.24) is 14.5 Å². The molecule has 1 aromatic carbocycles. The second-order valence-electron chi connectivity index (χ2n) is 5.68. The lowest BCUT2D eigenvalue weighted by atomic mass is 10.2. The molecule has 0 spiro atoms. The van der Waals surface area contributed by atoms with Gasteiger partial charge in [-0.05, 0) is 32.2 Å². The lowest BCUT2D eigenvalue weighted by Gasteiger charge is -2.24. The Morgan fingerprint density at radius 2 is 2.16 bits per heavy atom. The summed E-state index contributed by atoms with van der Waals surface area (Å²) in [5.41, 5.74) is 0.552. The number of carbonyl (C=O) groups excluding carboxylic acids is 1. The number of nitrogens with one attached hydrogen (secondary N) is 1. The van der Waals surface area contributed by atoms with Crippen molar-refractivity contribution in [2.24, 2.45) is 0 Å². The van der Waals surface area contributed by atoms with Gasteiger partial charge in [0, 0.05) is 23.1 Å². The molecule has 5 nitrogen and oxygen atoms in total. The van der Waals surface area contributed by atoms with Gasteiger partial charge >= 0.3 is 6.18 Å². The summed E-state index contributed by atoms with van der Waals surface area (Å²) >= 11 is 5.87. The molecule has 0 aliphatic rings. The molecule has 1 heterocycles. The van der Waals surface area contributed by atoms with Crippen LogP contribution < -0.4 is 5.32 Å². The number of halogens is 4. The summed E-state index contributed by atoms with van der Waals surface area (Å²) in [6, 6.07) is 6.14. The Morgan fingerprint density at radius 3 is 2.80 bits per heavy atom. The molecule has 1 aromatic heterocycles. The molecule has 2 aromatic rings. The van der Waals surface area contributed by atoms with E-state index in [9.17, 15) is 18.0 Å². The summed E-state index contributed by atoms with van der Waals surface area (Å²) in [5.74, 6) is -0.0547. The highest BCUT2D eigenvalue weighted by molar-refractivity contribution is 6.30. The zero-order chi connectivity index (χ0) is 18.6. The maximum atomic E-state index is 12.6. The van der Waals surface area contributed by atoms with Crippen LogP contribution in [0.1, 0.15) is 12.7 Å². The van der Waals surface area contributed by atoms with Gasteiger partial charge < -0.3 is 9.88 Å². The Morgan fingerprint density at radius 1 is 1.44 bits per heavy atom. The molecular weight excluding hydrogens is 357 g/mol. The van der Waals surface area contributed by atoms with Crippen molar-refractivity contribution in [2.75, 3.05) is 12.4 Å². The van der Waals surface area contributed by atoms with E-state index in [1.807, 2.05) is 0 Å². The standard InChI is InChI=1S/C16H18ClF3N4O/c1-11(15(25)22-13-5-3-4-12(17)8-13)23(2)9-14-21-6-7-24(14)10-16(18,19)20/h3-8,11H,9-10H2,1-2H3,(H,22,25)/t11-/m0/s1. The molecule has 0 radical (unpaired) electrons. The monoisotopic (exact) mass is 374 g/mol. The summed E-state index contributed by atoms with van der Waals surface area (Å²) < 4.78 is 38.7. The maximum absolute atomic E-state index is 12.6. The second kappa shape index (κ2) is 7.88. The summed E-state index contributed by atoms with van der Waals surface area (Å²) in [6.07, 6.45) is -1.75. The van der Waals surface area contributed by atoms with Crippen LogP contribution in [0.3, 0.4) is 0 Å². The molecule has 0 saturated heterocycles. The number of amides is 1. The quantitative estimate of drug-likeness (QED) is 0.841. The summed E-state index contributed by atoms with van der Waals surface area (Å²) in [7, 11) is 1.65. The number of hydrogen-bond donors (Lipinski definition) is 1. The Kier molecular flexibility index (Phi) is 6.07. The van der Waals surface area contributed by atoms with Crippen molar-refractivity contribution in [3.8, 4) is 0 Å². The predicted molar refractivity (Wildman–Crippen MR) is 89.3 cm³/mol. The molecule has 1 N–H and O–H groups in total. The predicted octanol–water partition coefficient (Wildman–Crippen LogP) is 3.56. The maximum Gasteiger partial charge on any atom is 0.406 e. The smallest absolute Gasteiger partial charge is 0.325 e. The fraction of sp³-hybridized carbons (Fsp3) is 0.375. The van der Waals surface area contributed by atoms with E-state index in [2.05, 4.69) is 10.3 Å². The summed E-state index contributed by atoms with van der Waals surface area (Å²) in [4.78, 5) is 17.9. The highest BCUT2D eigenvalue weighted by atomic mass is 35.5. The molecule has 1 amide bonds. The molecule has 9 heteroatoms. The van der Waals surface area contributed by atoms with E-state index in [1.54, 1.807) is 43.1 Å². The molecule has 136 valence electrons. The van der Waals surface area contributed by atoms with Crippen molar-refractivity contribution < 1.29 is 18.0 Å². The fourth-order valence-electron chi connectivity index (χ4n) is 2.20. The highest BCUT2D eigenvalue weighted by Crippen LogP contribution is 2.19. The third kappa shape index (κ3) is 5.75. The van der Waals surface area contributed by atoms with Gasteiger partial charge in [0.2, 0.25) is 5.91 Å². The molecule has 25 heavy (non-hydrogen) atoms. The molecule has 0 unspecified atom stereocenters. The van der Waals surface area contributed by atoms with Gasteiger partial charge in [-0.15, -0.1) is 0 Å². The number of alkyl halides is 3. The molecule has 0 bridgehead atoms. The van der Waals surface area contributed by atoms with E-state index in [1.165, 1.54) is 12.4 Å². The number of anilines is 1. The van der Waals surface area contributed by atoms with Crippen LogP contribution in [0.15, 0.2) is 36.7 Å². The van der Waals surface area contributed by atoms with Crippen LogP contribution in [0.5, 0.6) is 0 Å². The number of carbonyl (C=O) groups is 1. The third-order valence-corrected chi connectivity index (χ3v) is 3.91. The van der Waals surface area contributed by atoms with E-state index >= 15 is 0 Å². The van der Waals surface area contributed by atoms with Crippen molar-refractivity contribution in [3.63, 3.8) is 0 Å². The van der Waals surface area contributed by atoms with Crippen molar-refractivity contribution in [2.45, 2.75) is 32.2 Å². The number of hydrogen-bond acceptors (Lipinski definition) is 3. The van der Waals surface area contributed by atoms with Gasteiger partial charge in [-0.3, -0.25) is 9.69 Å². The van der Waals surface area contributed by atoms with Crippen molar-refractivity contribution in [3.05, 3.63) is 47.5 Å². The second-order valence-corrected chi connectivity index (χ2v) is 6.11. The van der Waals surface area contributed by atoms with Crippen LogP contribution in [-0.4, -0.2) is 39.6 Å². The topological polar surface area (TPSA) is 50.2 Å². The SMILES string of the molecule is C[C@@H](C(=O)Nc1cccc(Cl)c1)N(C)Cc1nccn1CC(F)(F)F. The van der Waals surface area contributed by atoms with E-state index in [0.29, 0.717) is 10.7 Å². The van der Waals surface area contributed by atoms with Crippen molar-refractivity contribution >= 4 is 23.2 Å². The largest absolute Gasteiger partial charge is 0.406 e. The highest BCUT2D eigenvalue weighted by Gasteiger charge is 2.29. The van der Waals surface area contributed by atoms with Crippen LogP contribution in [0.2, 0.25) is 5.02 Å². The zero-order valence-electron chi connectivity index (χ0n) is 13.7. The lowest BCUT2D eigenvalue weighted by molar-refractivity contribution is -0.141. The number of imidazole rings is 1. The van der Waals surface area contributed by atoms with Crippen molar-refractivity contribution in [1.29, 1.82) is 0 Å². The minimum Gasteiger partial charge on any atom is -0.325 e. The summed E-state index contributed by atoms with van der Waals surface area (Å²) in [5, 5.41) is 3.22. The zero-order valence-corrected chi connectivity index (χ0v) is 14.5. The first-order valence-corrected chi connectivity index (χ1v) is 7.87. The Labute approximate surface area is 148 Å². The molecule has 2 rings (SSSR count). The number of likely N-dealkylation sites (N-methyl/N-ethyl adjacent to an activating group) is 1. The first kappa shape index (κ1) is 19.3. The average Bonchev–Trinajstić information content (AvgIpc) is 2.91. The Bertz CT molecular complexity index is 732. The van der Waals surface area contributed by atoms with Gasteiger partial charge in [0.25, 0.3) is 0 Å². The number of rotatable bonds is 6. The van der Waals surface area contributed by atoms with Gasteiger partial charge in [0.1, 0.15) is 12.4 Å². The molecule has 0 fully saturated rings. The number of benzene rings is 1. The van der Waals surface area contributed by atoms with Crippen LogP contribution >= 0.6 is 11.6 Å². The Hall–Kier alpha value is -2.06. The van der Waals surface area contributed by atoms with Crippen LogP contribution in [0.25, 0.3) is 0 Å². The van der Waals surface area contributed by atoms with E-state index in [0.717, 1.165) is 4.57 Å². The van der Waals surface area contributed by atoms with Gasteiger partial charge in [-0.2, -0.15) is 13.2 Å². The first-order valence-electron chi connectivity index (χ1n) is 7.49. The molecule has 0 aliphatic carbocycles. The number of nitrogens with zero attached hydrogens (tertiary/aromatic N) is 3. The normalized spacial score (nSPS) is 13.1. The molecule has 1 atom stereocenters. The van der Waals surface area contributed by atoms with Gasteiger partial charge in [-0.25, -0.2) is 4.98 Å². The van der Waals surface area contributed by atoms with Crippen LogP contribution in [-0.2, 0) is 17.9 Å². The van der Waals surface area contributed by atoms with E-state index < -0.39 is 18.8 Å². The minimum absolute atomic E-state index is 0.104. The third-order valence-electron chi connectivity index (χ3n) is 3.67. The summed E-state index contributed by atoms with van der Waals surface area (Å²) in [6.45, 7) is 0.656. The fourth-order valence-corrected chi connectivity index (χ4v) is 2.39. The molecule has 0 aliphatic heterocycles. The van der Waals surface area contributed by atoms with Crippen LogP contribution in [0.4, 0.5) is 18.9 Å². The first-order chi connectivity index (χ1) is 11.7. The lowest BCUT2D eigenvalue weighted by Crippen LogP contribution is -2.39. The van der Waals surface area contributed by atoms with E-state index in [-0.39, 0.29) is 18.3 Å². The van der Waals surface area contributed by atoms with Gasteiger partial charge in [0.15, 0.2) is 0 Å². The molecular formula is C16H18ClF3N4O. The molecule has 0 saturated carbocycles. The average molecular weight is 375 g/mol. The van der Waals surface area contributed by atoms with Gasteiger partial charge in [-0.1, -0.05) is 17.7 Å². The number of aromatic nitrogens is 2. The van der Waals surface area contributed by atoms with Crippen LogP contribution in [0, 0.1) is 0 Å². The van der Waals surface area contributed by atoms with Gasteiger partial charge in [0.05, 0.1) is 12.6 Å².